The average molecular weight is 378 g/mol. The van der Waals surface area contributed by atoms with E-state index in [1.54, 1.807) is 0 Å². The number of nitrogens with one attached hydrogen (secondary N) is 2. The van der Waals surface area contributed by atoms with E-state index < -0.39 is 5.41 Å². The van der Waals surface area contributed by atoms with Crippen LogP contribution >= 0.6 is 12.4 Å². The smallest absolute Gasteiger partial charge is 0.229 e. The molecule has 0 heterocycles. The Morgan fingerprint density at radius 1 is 1.12 bits per heavy atom. The third-order valence-corrected chi connectivity index (χ3v) is 5.25. The van der Waals surface area contributed by atoms with Crippen molar-refractivity contribution in [1.82, 2.24) is 0 Å². The van der Waals surface area contributed by atoms with Gasteiger partial charge in [-0.15, -0.1) is 12.4 Å². The molecule has 0 saturated heterocycles. The zero-order chi connectivity index (χ0) is 18.4. The molecular weight excluding hydrogens is 350 g/mol. The van der Waals surface area contributed by atoms with Crippen molar-refractivity contribution in [3.8, 4) is 0 Å². The second-order valence-electron chi connectivity index (χ2n) is 8.27. The van der Waals surface area contributed by atoms with Crippen molar-refractivity contribution in [3.05, 3.63) is 35.9 Å². The molecule has 1 saturated carbocycles. The highest BCUT2D eigenvalue weighted by atomic mass is 35.5. The summed E-state index contributed by atoms with van der Waals surface area (Å²) in [6.45, 7) is 7.54. The number of nitrogens with two attached hydrogens (primary N) is 1. The molecule has 2 amide bonds. The van der Waals surface area contributed by atoms with Crippen LogP contribution in [0, 0.1) is 30.1 Å². The van der Waals surface area contributed by atoms with E-state index in [1.165, 1.54) is 0 Å². The highest BCUT2D eigenvalue weighted by molar-refractivity contribution is 5.97. The first kappa shape index (κ1) is 20.5. The van der Waals surface area contributed by atoms with Gasteiger partial charge in [0.1, 0.15) is 0 Å². The molecule has 5 nitrogen and oxygen atoms in total. The van der Waals surface area contributed by atoms with Gasteiger partial charge < -0.3 is 16.4 Å². The SMILES string of the molecule is Cc1cc(NC(=O)[C@H]2[C@@H](N)[C@H]3C=C[C@@H]2C3)ccc1NC(=O)C(C)(C)C.Cl. The van der Waals surface area contributed by atoms with E-state index >= 15 is 0 Å². The van der Waals surface area contributed by atoms with Crippen LogP contribution in [-0.2, 0) is 9.59 Å². The van der Waals surface area contributed by atoms with Crippen molar-refractivity contribution < 1.29 is 9.59 Å². The molecule has 1 aromatic carbocycles. The average Bonchev–Trinajstić information content (AvgIpc) is 3.09. The van der Waals surface area contributed by atoms with Gasteiger partial charge in [0, 0.05) is 22.8 Å². The summed E-state index contributed by atoms with van der Waals surface area (Å²) in [4.78, 5) is 24.8. The Labute approximate surface area is 161 Å². The Hall–Kier alpha value is -1.85. The van der Waals surface area contributed by atoms with E-state index in [1.807, 2.05) is 45.9 Å². The molecule has 2 aliphatic rings. The monoisotopic (exact) mass is 377 g/mol. The van der Waals surface area contributed by atoms with Crippen LogP contribution in [-0.4, -0.2) is 17.9 Å². The highest BCUT2D eigenvalue weighted by Crippen LogP contribution is 2.43. The third-order valence-electron chi connectivity index (χ3n) is 5.25. The number of benzene rings is 1. The van der Waals surface area contributed by atoms with Gasteiger partial charge in [-0.2, -0.15) is 0 Å². The van der Waals surface area contributed by atoms with E-state index in [2.05, 4.69) is 22.8 Å². The van der Waals surface area contributed by atoms with Gasteiger partial charge in [0.25, 0.3) is 0 Å². The van der Waals surface area contributed by atoms with Gasteiger partial charge in [-0.3, -0.25) is 9.59 Å². The van der Waals surface area contributed by atoms with Gasteiger partial charge in [-0.05, 0) is 48.9 Å². The zero-order valence-electron chi connectivity index (χ0n) is 15.7. The molecule has 6 heteroatoms. The highest BCUT2D eigenvalue weighted by Gasteiger charge is 2.46. The fourth-order valence-electron chi connectivity index (χ4n) is 3.65. The van der Waals surface area contributed by atoms with Crippen LogP contribution in [0.2, 0.25) is 0 Å². The lowest BCUT2D eigenvalue weighted by Crippen LogP contribution is -2.41. The minimum absolute atomic E-state index is 0. The summed E-state index contributed by atoms with van der Waals surface area (Å²) in [5.74, 6) is 0.377. The molecule has 1 aromatic rings. The molecule has 142 valence electrons. The fourth-order valence-corrected chi connectivity index (χ4v) is 3.65. The van der Waals surface area contributed by atoms with Crippen LogP contribution in [0.4, 0.5) is 11.4 Å². The molecule has 0 aliphatic heterocycles. The maximum Gasteiger partial charge on any atom is 0.229 e. The predicted molar refractivity (Wildman–Crippen MR) is 107 cm³/mol. The number of anilines is 2. The van der Waals surface area contributed by atoms with Gasteiger partial charge in [-0.25, -0.2) is 0 Å². The van der Waals surface area contributed by atoms with Crippen LogP contribution in [0.15, 0.2) is 30.4 Å². The maximum absolute atomic E-state index is 12.6. The number of carbonyl (C=O) groups is 2. The van der Waals surface area contributed by atoms with E-state index in [4.69, 9.17) is 5.73 Å². The predicted octanol–water partition coefficient (Wildman–Crippen LogP) is 3.49. The molecule has 0 radical (unpaired) electrons. The summed E-state index contributed by atoms with van der Waals surface area (Å²) in [5, 5.41) is 5.92. The van der Waals surface area contributed by atoms with Gasteiger partial charge in [0.05, 0.1) is 5.92 Å². The summed E-state index contributed by atoms with van der Waals surface area (Å²) < 4.78 is 0. The molecule has 0 spiro atoms. The van der Waals surface area contributed by atoms with Crippen molar-refractivity contribution in [1.29, 1.82) is 0 Å². The number of fused-ring (bicyclic) bond motifs is 2. The fraction of sp³-hybridized carbons (Fsp3) is 0.500. The van der Waals surface area contributed by atoms with Crippen LogP contribution in [0.3, 0.4) is 0 Å². The number of hydrogen-bond acceptors (Lipinski definition) is 3. The van der Waals surface area contributed by atoms with Crippen LogP contribution in [0.25, 0.3) is 0 Å². The summed E-state index contributed by atoms with van der Waals surface area (Å²) in [6, 6.07) is 5.43. The molecule has 2 bridgehead atoms. The second-order valence-corrected chi connectivity index (χ2v) is 8.27. The normalized spacial score (nSPS) is 26.3. The first-order valence-electron chi connectivity index (χ1n) is 8.83. The van der Waals surface area contributed by atoms with Crippen molar-refractivity contribution in [2.75, 3.05) is 10.6 Å². The lowest BCUT2D eigenvalue weighted by molar-refractivity contribution is -0.123. The Kier molecular flexibility index (Phi) is 5.83. The van der Waals surface area contributed by atoms with Gasteiger partial charge in [0.2, 0.25) is 11.8 Å². The summed E-state index contributed by atoms with van der Waals surface area (Å²) in [5.41, 5.74) is 8.16. The van der Waals surface area contributed by atoms with E-state index in [9.17, 15) is 9.59 Å². The molecule has 4 N–H and O–H groups in total. The molecule has 3 rings (SSSR count). The number of hydrogen-bond donors (Lipinski definition) is 3. The number of halogens is 1. The van der Waals surface area contributed by atoms with Gasteiger partial charge in [-0.1, -0.05) is 32.9 Å². The Bertz CT molecular complexity index is 739. The van der Waals surface area contributed by atoms with Crippen LogP contribution in [0.5, 0.6) is 0 Å². The largest absolute Gasteiger partial charge is 0.326 e. The first-order valence-corrected chi connectivity index (χ1v) is 8.83. The lowest BCUT2D eigenvalue weighted by atomic mass is 9.88. The van der Waals surface area contributed by atoms with Crippen LogP contribution in [0.1, 0.15) is 32.8 Å². The zero-order valence-corrected chi connectivity index (χ0v) is 16.5. The topological polar surface area (TPSA) is 84.2 Å². The standard InChI is InChI=1S/C20H27N3O2.ClH/c1-11-9-14(7-8-15(11)23-19(25)20(2,3)4)22-18(24)16-12-5-6-13(10-12)17(16)21;/h5-9,12-13,16-17H,10,21H2,1-4H3,(H,22,24)(H,23,25);1H/t12-,13+,16-,17+;/m1./s1. The van der Waals surface area contributed by atoms with Gasteiger partial charge >= 0.3 is 0 Å². The van der Waals surface area contributed by atoms with Crippen molar-refractivity contribution >= 4 is 35.6 Å². The summed E-state index contributed by atoms with van der Waals surface area (Å²) >= 11 is 0. The molecule has 1 fully saturated rings. The summed E-state index contributed by atoms with van der Waals surface area (Å²) in [6.07, 6.45) is 5.24. The quantitative estimate of drug-likeness (QED) is 0.705. The second kappa shape index (κ2) is 7.41. The van der Waals surface area contributed by atoms with E-state index in [-0.39, 0.29) is 42.1 Å². The van der Waals surface area contributed by atoms with Crippen molar-refractivity contribution in [2.45, 2.75) is 40.2 Å². The minimum atomic E-state index is -0.454. The number of carbonyl (C=O) groups excluding carboxylic acids is 2. The van der Waals surface area contributed by atoms with E-state index in [0.29, 0.717) is 5.92 Å². The minimum Gasteiger partial charge on any atom is -0.326 e. The molecule has 0 aromatic heterocycles. The Balaban J connectivity index is 0.00000243. The third kappa shape index (κ3) is 3.94. The number of allylic oxidation sites excluding steroid dienone is 1. The van der Waals surface area contributed by atoms with Crippen molar-refractivity contribution in [3.63, 3.8) is 0 Å². The molecule has 2 aliphatic carbocycles. The lowest BCUT2D eigenvalue weighted by Gasteiger charge is -2.24. The molecule has 26 heavy (non-hydrogen) atoms. The Morgan fingerprint density at radius 2 is 1.77 bits per heavy atom. The maximum atomic E-state index is 12.6. The number of amides is 2. The molecule has 0 unspecified atom stereocenters. The first-order chi connectivity index (χ1) is 11.7. The van der Waals surface area contributed by atoms with Crippen molar-refractivity contribution in [2.24, 2.45) is 28.9 Å². The van der Waals surface area contributed by atoms with Gasteiger partial charge in [0.15, 0.2) is 0 Å². The van der Waals surface area contributed by atoms with Crippen LogP contribution < -0.4 is 16.4 Å². The van der Waals surface area contributed by atoms with E-state index in [0.717, 1.165) is 23.4 Å². The molecular formula is C20H28ClN3O2. The number of aryl methyl sites for hydroxylation is 1. The molecule has 4 atom stereocenters. The summed E-state index contributed by atoms with van der Waals surface area (Å²) in [7, 11) is 0. The Morgan fingerprint density at radius 3 is 2.31 bits per heavy atom. The number of rotatable bonds is 3.